The molecule has 7 heteroatoms. The number of hydrogen-bond acceptors (Lipinski definition) is 6. The van der Waals surface area contributed by atoms with Crippen LogP contribution >= 0.6 is 0 Å². The zero-order valence-electron chi connectivity index (χ0n) is 17.9. The number of carbonyl (C=O) groups excluding carboxylic acids is 2. The number of amides is 2. The third kappa shape index (κ3) is 3.65. The highest BCUT2D eigenvalue weighted by Gasteiger charge is 2.40. The monoisotopic (exact) mass is 430 g/mol. The second-order valence-corrected chi connectivity index (χ2v) is 6.93. The molecule has 0 unspecified atom stereocenters. The number of carbonyl (C=O) groups is 2. The Kier molecular flexibility index (Phi) is 5.81. The summed E-state index contributed by atoms with van der Waals surface area (Å²) in [6, 6.07) is 21.2. The molecule has 1 aliphatic heterocycles. The van der Waals surface area contributed by atoms with E-state index in [-0.39, 0.29) is 11.3 Å². The number of rotatable bonds is 7. The number of imide groups is 1. The molecule has 2 amide bonds. The summed E-state index contributed by atoms with van der Waals surface area (Å²) < 4.78 is 16.0. The summed E-state index contributed by atoms with van der Waals surface area (Å²) in [5.41, 5.74) is 2.03. The predicted molar refractivity (Wildman–Crippen MR) is 122 cm³/mol. The molecule has 0 saturated carbocycles. The van der Waals surface area contributed by atoms with Crippen LogP contribution in [-0.2, 0) is 9.59 Å². The molecule has 162 valence electrons. The summed E-state index contributed by atoms with van der Waals surface area (Å²) in [6.45, 7) is 0. The maximum absolute atomic E-state index is 13.5. The van der Waals surface area contributed by atoms with Crippen molar-refractivity contribution in [1.29, 1.82) is 0 Å². The van der Waals surface area contributed by atoms with Crippen molar-refractivity contribution in [1.82, 2.24) is 0 Å². The lowest BCUT2D eigenvalue weighted by Gasteiger charge is -2.17. The molecule has 0 saturated heterocycles. The number of nitrogens with zero attached hydrogens (tertiary/aromatic N) is 1. The van der Waals surface area contributed by atoms with Crippen LogP contribution in [0, 0.1) is 0 Å². The number of methoxy groups -OCH3 is 3. The maximum Gasteiger partial charge on any atom is 0.282 e. The topological polar surface area (TPSA) is 77.1 Å². The fourth-order valence-corrected chi connectivity index (χ4v) is 3.60. The number of benzene rings is 3. The molecule has 0 fully saturated rings. The van der Waals surface area contributed by atoms with Crippen molar-refractivity contribution in [3.05, 3.63) is 84.1 Å². The van der Waals surface area contributed by atoms with E-state index in [1.54, 1.807) is 49.6 Å². The van der Waals surface area contributed by atoms with Gasteiger partial charge in [0.25, 0.3) is 11.8 Å². The minimum atomic E-state index is -0.480. The van der Waals surface area contributed by atoms with Crippen LogP contribution in [0.15, 0.2) is 78.5 Å². The molecule has 4 rings (SSSR count). The molecule has 0 radical (unpaired) electrons. The summed E-state index contributed by atoms with van der Waals surface area (Å²) in [7, 11) is 4.57. The lowest BCUT2D eigenvalue weighted by molar-refractivity contribution is -0.120. The van der Waals surface area contributed by atoms with Gasteiger partial charge in [-0.2, -0.15) is 0 Å². The minimum Gasteiger partial charge on any atom is -0.495 e. The largest absolute Gasteiger partial charge is 0.495 e. The first kappa shape index (κ1) is 21.0. The average molecular weight is 430 g/mol. The molecule has 1 N–H and O–H groups in total. The Labute approximate surface area is 185 Å². The van der Waals surface area contributed by atoms with E-state index in [1.807, 2.05) is 30.3 Å². The van der Waals surface area contributed by atoms with E-state index in [0.29, 0.717) is 34.2 Å². The van der Waals surface area contributed by atoms with Gasteiger partial charge in [0.2, 0.25) is 0 Å². The quantitative estimate of drug-likeness (QED) is 0.569. The third-order valence-corrected chi connectivity index (χ3v) is 5.14. The van der Waals surface area contributed by atoms with Crippen LogP contribution < -0.4 is 24.4 Å². The van der Waals surface area contributed by atoms with Crippen LogP contribution in [0.5, 0.6) is 17.2 Å². The minimum absolute atomic E-state index is 0.167. The second kappa shape index (κ2) is 8.85. The van der Waals surface area contributed by atoms with Crippen LogP contribution in [0.1, 0.15) is 5.56 Å². The molecule has 7 nitrogen and oxygen atoms in total. The lowest BCUT2D eigenvalue weighted by atomic mass is 10.0. The summed E-state index contributed by atoms with van der Waals surface area (Å²) in [5.74, 6) is 0.548. The van der Waals surface area contributed by atoms with Gasteiger partial charge in [0.05, 0.1) is 38.3 Å². The Morgan fingerprint density at radius 3 is 2.03 bits per heavy atom. The van der Waals surface area contributed by atoms with E-state index in [4.69, 9.17) is 14.2 Å². The number of ether oxygens (including phenoxy) is 3. The Balaban J connectivity index is 1.82. The van der Waals surface area contributed by atoms with Gasteiger partial charge in [-0.25, -0.2) is 4.90 Å². The van der Waals surface area contributed by atoms with E-state index >= 15 is 0 Å². The molecule has 0 atom stereocenters. The highest BCUT2D eigenvalue weighted by atomic mass is 16.5. The van der Waals surface area contributed by atoms with Gasteiger partial charge in [-0.3, -0.25) is 9.59 Å². The lowest BCUT2D eigenvalue weighted by Crippen LogP contribution is -2.32. The van der Waals surface area contributed by atoms with Crippen LogP contribution in [0.4, 0.5) is 11.4 Å². The van der Waals surface area contributed by atoms with Crippen molar-refractivity contribution in [2.75, 3.05) is 31.5 Å². The van der Waals surface area contributed by atoms with Crippen LogP contribution in [0.25, 0.3) is 5.57 Å². The van der Waals surface area contributed by atoms with E-state index in [9.17, 15) is 9.59 Å². The SMILES string of the molecule is COc1ccccc1NC1=C(c2ccccc2)C(=O)N(c2ccc(OC)c(OC)c2)C1=O. The first-order chi connectivity index (χ1) is 15.6. The average Bonchev–Trinajstić information content (AvgIpc) is 3.08. The zero-order chi connectivity index (χ0) is 22.7. The Morgan fingerprint density at radius 2 is 1.34 bits per heavy atom. The molecule has 0 bridgehead atoms. The summed E-state index contributed by atoms with van der Waals surface area (Å²) in [5, 5.41) is 3.13. The first-order valence-corrected chi connectivity index (χ1v) is 9.89. The van der Waals surface area contributed by atoms with Gasteiger partial charge in [-0.15, -0.1) is 0 Å². The van der Waals surface area contributed by atoms with Crippen LogP contribution in [0.3, 0.4) is 0 Å². The molecule has 3 aromatic rings. The highest BCUT2D eigenvalue weighted by molar-refractivity contribution is 6.46. The van der Waals surface area contributed by atoms with Crippen molar-refractivity contribution in [3.63, 3.8) is 0 Å². The van der Waals surface area contributed by atoms with Gasteiger partial charge in [0, 0.05) is 6.07 Å². The van der Waals surface area contributed by atoms with E-state index in [0.717, 1.165) is 4.90 Å². The zero-order valence-corrected chi connectivity index (χ0v) is 17.9. The van der Waals surface area contributed by atoms with Gasteiger partial charge in [0.1, 0.15) is 11.4 Å². The van der Waals surface area contributed by atoms with Crippen LogP contribution in [-0.4, -0.2) is 33.1 Å². The van der Waals surface area contributed by atoms with Gasteiger partial charge in [-0.05, 0) is 29.8 Å². The van der Waals surface area contributed by atoms with Crippen molar-refractivity contribution in [2.24, 2.45) is 0 Å². The number of para-hydroxylation sites is 2. The Morgan fingerprint density at radius 1 is 0.688 bits per heavy atom. The summed E-state index contributed by atoms with van der Waals surface area (Å²) >= 11 is 0. The summed E-state index contributed by atoms with van der Waals surface area (Å²) in [4.78, 5) is 28.2. The molecule has 0 spiro atoms. The molecular formula is C25H22N2O5. The second-order valence-electron chi connectivity index (χ2n) is 6.93. The Hall–Kier alpha value is -4.26. The summed E-state index contributed by atoms with van der Waals surface area (Å²) in [6.07, 6.45) is 0. The molecule has 1 heterocycles. The number of anilines is 2. The van der Waals surface area contributed by atoms with Gasteiger partial charge < -0.3 is 19.5 Å². The van der Waals surface area contributed by atoms with E-state index in [1.165, 1.54) is 14.2 Å². The van der Waals surface area contributed by atoms with E-state index < -0.39 is 11.8 Å². The normalized spacial score (nSPS) is 13.4. The number of nitrogens with one attached hydrogen (secondary N) is 1. The van der Waals surface area contributed by atoms with Crippen molar-refractivity contribution in [3.8, 4) is 17.2 Å². The first-order valence-electron chi connectivity index (χ1n) is 9.89. The maximum atomic E-state index is 13.5. The molecule has 1 aliphatic rings. The molecule has 0 aliphatic carbocycles. The van der Waals surface area contributed by atoms with Crippen molar-refractivity contribution < 1.29 is 23.8 Å². The third-order valence-electron chi connectivity index (χ3n) is 5.14. The predicted octanol–water partition coefficient (Wildman–Crippen LogP) is 4.11. The van der Waals surface area contributed by atoms with Crippen LogP contribution in [0.2, 0.25) is 0 Å². The molecule has 0 aromatic heterocycles. The van der Waals surface area contributed by atoms with E-state index in [2.05, 4.69) is 5.32 Å². The smallest absolute Gasteiger partial charge is 0.282 e. The fraction of sp³-hybridized carbons (Fsp3) is 0.120. The number of hydrogen-bond donors (Lipinski definition) is 1. The molecular weight excluding hydrogens is 408 g/mol. The van der Waals surface area contributed by atoms with Gasteiger partial charge >= 0.3 is 0 Å². The van der Waals surface area contributed by atoms with Crippen molar-refractivity contribution in [2.45, 2.75) is 0 Å². The van der Waals surface area contributed by atoms with Gasteiger partial charge in [0.15, 0.2) is 11.5 Å². The highest BCUT2D eigenvalue weighted by Crippen LogP contribution is 2.38. The van der Waals surface area contributed by atoms with Gasteiger partial charge in [-0.1, -0.05) is 42.5 Å². The van der Waals surface area contributed by atoms with Crippen molar-refractivity contribution >= 4 is 28.8 Å². The standard InChI is InChI=1S/C25H22N2O5/c1-30-19-12-8-7-11-18(19)26-23-22(16-9-5-4-6-10-16)24(28)27(25(23)29)17-13-14-20(31-2)21(15-17)32-3/h4-15,26H,1-3H3. The Bertz CT molecular complexity index is 1200. The molecule has 32 heavy (non-hydrogen) atoms. The fourth-order valence-electron chi connectivity index (χ4n) is 3.60. The molecule has 3 aromatic carbocycles.